The van der Waals surface area contributed by atoms with Crippen molar-refractivity contribution in [2.45, 2.75) is 26.4 Å². The highest BCUT2D eigenvalue weighted by molar-refractivity contribution is 6.31. The quantitative estimate of drug-likeness (QED) is 0.912. The lowest BCUT2D eigenvalue weighted by molar-refractivity contribution is 0.177. The number of methoxy groups -OCH3 is 1. The molecule has 0 spiro atoms. The van der Waals surface area contributed by atoms with E-state index in [0.29, 0.717) is 11.4 Å². The first-order valence-corrected chi connectivity index (χ1v) is 6.96. The third kappa shape index (κ3) is 3.33. The van der Waals surface area contributed by atoms with Crippen LogP contribution < -0.4 is 4.74 Å². The van der Waals surface area contributed by atoms with Gasteiger partial charge in [-0.3, -0.25) is 0 Å². The van der Waals surface area contributed by atoms with Gasteiger partial charge in [0, 0.05) is 11.4 Å². The highest BCUT2D eigenvalue weighted by atomic mass is 35.5. The van der Waals surface area contributed by atoms with Crippen molar-refractivity contribution in [2.75, 3.05) is 7.11 Å². The van der Waals surface area contributed by atoms with Gasteiger partial charge in [-0.1, -0.05) is 41.4 Å². The number of rotatable bonds is 4. The second-order valence-electron chi connectivity index (χ2n) is 5.04. The Morgan fingerprint density at radius 2 is 1.90 bits per heavy atom. The molecule has 0 aliphatic carbocycles. The molecule has 0 amide bonds. The molecule has 2 aromatic rings. The second-order valence-corrected chi connectivity index (χ2v) is 5.45. The SMILES string of the molecule is COc1ccc(C)cc1CC(O)c1ccc(C)c(Cl)c1. The van der Waals surface area contributed by atoms with E-state index in [9.17, 15) is 5.11 Å². The zero-order chi connectivity index (χ0) is 14.7. The second kappa shape index (κ2) is 6.29. The normalized spacial score (nSPS) is 12.2. The Labute approximate surface area is 125 Å². The number of benzene rings is 2. The van der Waals surface area contributed by atoms with Gasteiger partial charge in [-0.15, -0.1) is 0 Å². The maximum absolute atomic E-state index is 10.4. The summed E-state index contributed by atoms with van der Waals surface area (Å²) in [5.74, 6) is 0.799. The molecule has 1 N–H and O–H groups in total. The van der Waals surface area contributed by atoms with Crippen molar-refractivity contribution in [2.24, 2.45) is 0 Å². The van der Waals surface area contributed by atoms with Crippen molar-refractivity contribution < 1.29 is 9.84 Å². The van der Waals surface area contributed by atoms with Gasteiger partial charge in [0.05, 0.1) is 13.2 Å². The number of aliphatic hydroxyl groups excluding tert-OH is 1. The van der Waals surface area contributed by atoms with Crippen molar-refractivity contribution in [1.82, 2.24) is 0 Å². The summed E-state index contributed by atoms with van der Waals surface area (Å²) in [4.78, 5) is 0. The summed E-state index contributed by atoms with van der Waals surface area (Å²) in [5.41, 5.74) is 3.98. The van der Waals surface area contributed by atoms with Gasteiger partial charge in [0.15, 0.2) is 0 Å². The Morgan fingerprint density at radius 1 is 1.15 bits per heavy atom. The smallest absolute Gasteiger partial charge is 0.122 e. The Bertz CT molecular complexity index is 608. The molecule has 0 aliphatic rings. The molecule has 0 saturated carbocycles. The monoisotopic (exact) mass is 290 g/mol. The first-order chi connectivity index (χ1) is 9.51. The molecule has 2 aromatic carbocycles. The molecule has 0 bridgehead atoms. The Hall–Kier alpha value is -1.51. The number of aliphatic hydroxyl groups is 1. The van der Waals surface area contributed by atoms with E-state index < -0.39 is 6.10 Å². The molecule has 3 heteroatoms. The minimum Gasteiger partial charge on any atom is -0.496 e. The number of halogens is 1. The predicted molar refractivity (Wildman–Crippen MR) is 82.6 cm³/mol. The van der Waals surface area contributed by atoms with E-state index in [0.717, 1.165) is 28.0 Å². The summed E-state index contributed by atoms with van der Waals surface area (Å²) in [6, 6.07) is 11.6. The largest absolute Gasteiger partial charge is 0.496 e. The zero-order valence-corrected chi connectivity index (χ0v) is 12.7. The summed E-state index contributed by atoms with van der Waals surface area (Å²) in [7, 11) is 1.64. The minimum atomic E-state index is -0.594. The molecule has 20 heavy (non-hydrogen) atoms. The molecule has 1 unspecified atom stereocenters. The topological polar surface area (TPSA) is 29.5 Å². The van der Waals surface area contributed by atoms with Gasteiger partial charge in [0.1, 0.15) is 5.75 Å². The van der Waals surface area contributed by atoms with Crippen LogP contribution in [0.1, 0.15) is 28.4 Å². The molecule has 1 atom stereocenters. The van der Waals surface area contributed by atoms with Crippen LogP contribution in [0.5, 0.6) is 5.75 Å². The van der Waals surface area contributed by atoms with Gasteiger partial charge < -0.3 is 9.84 Å². The summed E-state index contributed by atoms with van der Waals surface area (Å²) in [6.07, 6.45) is -0.0895. The highest BCUT2D eigenvalue weighted by Gasteiger charge is 2.13. The van der Waals surface area contributed by atoms with Crippen molar-refractivity contribution in [1.29, 1.82) is 0 Å². The molecule has 0 heterocycles. The van der Waals surface area contributed by atoms with Crippen molar-refractivity contribution in [3.05, 3.63) is 63.7 Å². The first kappa shape index (κ1) is 14.9. The molecule has 0 aromatic heterocycles. The first-order valence-electron chi connectivity index (χ1n) is 6.59. The van der Waals surface area contributed by atoms with Crippen LogP contribution in [0.25, 0.3) is 0 Å². The molecule has 0 fully saturated rings. The lowest BCUT2D eigenvalue weighted by Gasteiger charge is -2.15. The highest BCUT2D eigenvalue weighted by Crippen LogP contribution is 2.28. The Morgan fingerprint density at radius 3 is 2.55 bits per heavy atom. The van der Waals surface area contributed by atoms with E-state index >= 15 is 0 Å². The molecule has 0 radical (unpaired) electrons. The average molecular weight is 291 g/mol. The van der Waals surface area contributed by atoms with E-state index in [2.05, 4.69) is 0 Å². The fourth-order valence-electron chi connectivity index (χ4n) is 2.21. The van der Waals surface area contributed by atoms with Crippen LogP contribution in [-0.4, -0.2) is 12.2 Å². The molecule has 0 saturated heterocycles. The van der Waals surface area contributed by atoms with E-state index in [1.807, 2.05) is 50.2 Å². The summed E-state index contributed by atoms with van der Waals surface area (Å²) in [5, 5.41) is 11.1. The van der Waals surface area contributed by atoms with Crippen LogP contribution in [0.4, 0.5) is 0 Å². The maximum atomic E-state index is 10.4. The molecular weight excluding hydrogens is 272 g/mol. The van der Waals surface area contributed by atoms with Gasteiger partial charge in [0.2, 0.25) is 0 Å². The molecule has 2 nitrogen and oxygen atoms in total. The van der Waals surface area contributed by atoms with Gasteiger partial charge in [-0.2, -0.15) is 0 Å². The van der Waals surface area contributed by atoms with Crippen LogP contribution in [-0.2, 0) is 6.42 Å². The van der Waals surface area contributed by atoms with E-state index in [1.165, 1.54) is 0 Å². The van der Waals surface area contributed by atoms with Gasteiger partial charge in [-0.05, 0) is 42.7 Å². The van der Waals surface area contributed by atoms with E-state index in [4.69, 9.17) is 16.3 Å². The van der Waals surface area contributed by atoms with Crippen LogP contribution >= 0.6 is 11.6 Å². The molecular formula is C17H19ClO2. The third-order valence-electron chi connectivity index (χ3n) is 3.43. The lowest BCUT2D eigenvalue weighted by Crippen LogP contribution is -2.04. The van der Waals surface area contributed by atoms with Crippen molar-refractivity contribution >= 4 is 11.6 Å². The van der Waals surface area contributed by atoms with E-state index in [-0.39, 0.29) is 0 Å². The average Bonchev–Trinajstić information content (AvgIpc) is 2.42. The lowest BCUT2D eigenvalue weighted by atomic mass is 9.98. The fourth-order valence-corrected chi connectivity index (χ4v) is 2.40. The van der Waals surface area contributed by atoms with Gasteiger partial charge in [0.25, 0.3) is 0 Å². The Kier molecular flexibility index (Phi) is 4.69. The predicted octanol–water partition coefficient (Wildman–Crippen LogP) is 4.24. The van der Waals surface area contributed by atoms with Gasteiger partial charge in [-0.25, -0.2) is 0 Å². The third-order valence-corrected chi connectivity index (χ3v) is 3.84. The van der Waals surface area contributed by atoms with Gasteiger partial charge >= 0.3 is 0 Å². The number of ether oxygens (including phenoxy) is 1. The standard InChI is InChI=1S/C17H19ClO2/c1-11-4-7-17(20-3)14(8-11)10-16(19)13-6-5-12(2)15(18)9-13/h4-9,16,19H,10H2,1-3H3. The number of hydrogen-bond acceptors (Lipinski definition) is 2. The zero-order valence-electron chi connectivity index (χ0n) is 12.0. The van der Waals surface area contributed by atoms with E-state index in [1.54, 1.807) is 7.11 Å². The molecule has 2 rings (SSSR count). The Balaban J connectivity index is 2.24. The molecule has 106 valence electrons. The number of aryl methyl sites for hydroxylation is 2. The van der Waals surface area contributed by atoms with Crippen LogP contribution in [0.15, 0.2) is 36.4 Å². The summed E-state index contributed by atoms with van der Waals surface area (Å²) < 4.78 is 5.34. The fraction of sp³-hybridized carbons (Fsp3) is 0.294. The maximum Gasteiger partial charge on any atom is 0.122 e. The molecule has 0 aliphatic heterocycles. The number of hydrogen-bond donors (Lipinski definition) is 1. The van der Waals surface area contributed by atoms with Crippen LogP contribution in [0.2, 0.25) is 5.02 Å². The van der Waals surface area contributed by atoms with Crippen LogP contribution in [0.3, 0.4) is 0 Å². The minimum absolute atomic E-state index is 0.504. The van der Waals surface area contributed by atoms with Crippen molar-refractivity contribution in [3.8, 4) is 5.75 Å². The van der Waals surface area contributed by atoms with Crippen molar-refractivity contribution in [3.63, 3.8) is 0 Å². The van der Waals surface area contributed by atoms with Crippen LogP contribution in [0, 0.1) is 13.8 Å². The summed E-state index contributed by atoms with van der Waals surface area (Å²) in [6.45, 7) is 3.97. The summed E-state index contributed by atoms with van der Waals surface area (Å²) >= 11 is 6.11.